The van der Waals surface area contributed by atoms with Crippen LogP contribution < -0.4 is 5.32 Å². The van der Waals surface area contributed by atoms with Gasteiger partial charge in [-0.2, -0.15) is 5.10 Å². The minimum atomic E-state index is -1.10. The molecule has 1 aliphatic rings. The second-order valence-electron chi connectivity index (χ2n) is 4.71. The molecule has 4 heteroatoms. The maximum absolute atomic E-state index is 14.1. The zero-order valence-electron chi connectivity index (χ0n) is 9.91. The van der Waals surface area contributed by atoms with Crippen molar-refractivity contribution < 1.29 is 4.39 Å². The molecule has 90 valence electrons. The summed E-state index contributed by atoms with van der Waals surface area (Å²) in [5.74, 6) is 0. The van der Waals surface area contributed by atoms with Gasteiger partial charge in [-0.15, -0.1) is 0 Å². The zero-order valence-corrected chi connectivity index (χ0v) is 9.91. The van der Waals surface area contributed by atoms with Gasteiger partial charge < -0.3 is 5.32 Å². The summed E-state index contributed by atoms with van der Waals surface area (Å²) >= 11 is 0. The van der Waals surface area contributed by atoms with Gasteiger partial charge in [-0.1, -0.05) is 18.2 Å². The molecule has 1 N–H and O–H groups in total. The van der Waals surface area contributed by atoms with Gasteiger partial charge in [0.25, 0.3) is 0 Å². The molecular weight excluding hydrogens is 217 g/mol. The van der Waals surface area contributed by atoms with Crippen molar-refractivity contribution >= 4 is 10.9 Å². The van der Waals surface area contributed by atoms with E-state index >= 15 is 0 Å². The summed E-state index contributed by atoms with van der Waals surface area (Å²) in [7, 11) is 0. The van der Waals surface area contributed by atoms with E-state index in [2.05, 4.69) is 17.3 Å². The fourth-order valence-electron chi connectivity index (χ4n) is 2.39. The molecule has 17 heavy (non-hydrogen) atoms. The quantitative estimate of drug-likeness (QED) is 0.877. The van der Waals surface area contributed by atoms with Crippen LogP contribution in [0.1, 0.15) is 12.6 Å². The van der Waals surface area contributed by atoms with Crippen molar-refractivity contribution in [1.82, 2.24) is 15.1 Å². The maximum Gasteiger partial charge on any atom is 0.141 e. The number of nitrogens with zero attached hydrogens (tertiary/aromatic N) is 2. The Morgan fingerprint density at radius 2 is 2.18 bits per heavy atom. The van der Waals surface area contributed by atoms with Gasteiger partial charge in [0.2, 0.25) is 0 Å². The SMILES string of the molecule is CCn1nc(CC2(F)CNC2)c2ccccc21. The standard InChI is InChI=1S/C13H16FN3/c1-2-17-12-6-4-3-5-10(12)11(16-17)7-13(14)8-15-9-13/h3-6,15H,2,7-9H2,1H3. The zero-order chi connectivity index (χ0) is 11.9. The third-order valence-corrected chi connectivity index (χ3v) is 3.40. The van der Waals surface area contributed by atoms with Crippen molar-refractivity contribution in [3.8, 4) is 0 Å². The van der Waals surface area contributed by atoms with Gasteiger partial charge in [-0.3, -0.25) is 4.68 Å². The molecule has 0 amide bonds. The summed E-state index contributed by atoms with van der Waals surface area (Å²) < 4.78 is 16.1. The van der Waals surface area contributed by atoms with Crippen LogP contribution in [0.5, 0.6) is 0 Å². The number of para-hydroxylation sites is 1. The van der Waals surface area contributed by atoms with Gasteiger partial charge in [0, 0.05) is 31.4 Å². The molecule has 0 spiro atoms. The highest BCUT2D eigenvalue weighted by atomic mass is 19.1. The second-order valence-corrected chi connectivity index (χ2v) is 4.71. The van der Waals surface area contributed by atoms with E-state index in [1.165, 1.54) is 0 Å². The Morgan fingerprint density at radius 3 is 2.82 bits per heavy atom. The van der Waals surface area contributed by atoms with E-state index in [-0.39, 0.29) is 0 Å². The number of alkyl halides is 1. The van der Waals surface area contributed by atoms with Crippen molar-refractivity contribution in [1.29, 1.82) is 0 Å². The Bertz CT molecular complexity index is 543. The highest BCUT2D eigenvalue weighted by molar-refractivity contribution is 5.82. The molecular formula is C13H16FN3. The highest BCUT2D eigenvalue weighted by Gasteiger charge is 2.38. The van der Waals surface area contributed by atoms with Crippen molar-refractivity contribution in [2.24, 2.45) is 0 Å². The fourth-order valence-corrected chi connectivity index (χ4v) is 2.39. The Labute approximate surface area is 99.6 Å². The van der Waals surface area contributed by atoms with Crippen LogP contribution in [0.3, 0.4) is 0 Å². The van der Waals surface area contributed by atoms with Crippen molar-refractivity contribution in [2.45, 2.75) is 25.6 Å². The normalized spacial score (nSPS) is 18.2. The molecule has 0 radical (unpaired) electrons. The summed E-state index contributed by atoms with van der Waals surface area (Å²) in [5, 5.41) is 8.59. The van der Waals surface area contributed by atoms with Crippen LogP contribution in [0.2, 0.25) is 0 Å². The van der Waals surface area contributed by atoms with Gasteiger partial charge in [0.15, 0.2) is 0 Å². The Hall–Kier alpha value is -1.42. The van der Waals surface area contributed by atoms with Crippen LogP contribution in [0, 0.1) is 0 Å². The summed E-state index contributed by atoms with van der Waals surface area (Å²) in [4.78, 5) is 0. The molecule has 1 aromatic carbocycles. The number of benzene rings is 1. The number of halogens is 1. The fraction of sp³-hybridized carbons (Fsp3) is 0.462. The molecule has 3 rings (SSSR count). The Morgan fingerprint density at radius 1 is 1.41 bits per heavy atom. The summed E-state index contributed by atoms with van der Waals surface area (Å²) in [6.45, 7) is 3.76. The van der Waals surface area contributed by atoms with Crippen molar-refractivity contribution in [2.75, 3.05) is 13.1 Å². The minimum Gasteiger partial charge on any atom is -0.310 e. The molecule has 0 aliphatic carbocycles. The number of aromatic nitrogens is 2. The lowest BCUT2D eigenvalue weighted by molar-refractivity contribution is 0.0902. The molecule has 1 aliphatic heterocycles. The van der Waals surface area contributed by atoms with Crippen LogP contribution in [-0.4, -0.2) is 28.5 Å². The van der Waals surface area contributed by atoms with Gasteiger partial charge in [0.05, 0.1) is 11.2 Å². The predicted octanol–water partition coefficient (Wildman–Crippen LogP) is 1.91. The van der Waals surface area contributed by atoms with E-state index in [1.807, 2.05) is 28.9 Å². The lowest BCUT2D eigenvalue weighted by Gasteiger charge is -2.34. The molecule has 3 nitrogen and oxygen atoms in total. The maximum atomic E-state index is 14.1. The van der Waals surface area contributed by atoms with E-state index in [4.69, 9.17) is 0 Å². The minimum absolute atomic E-state index is 0.410. The lowest BCUT2D eigenvalue weighted by Crippen LogP contribution is -2.57. The highest BCUT2D eigenvalue weighted by Crippen LogP contribution is 2.26. The van der Waals surface area contributed by atoms with E-state index in [0.717, 1.165) is 23.1 Å². The lowest BCUT2D eigenvalue weighted by atomic mass is 9.92. The van der Waals surface area contributed by atoms with E-state index in [0.29, 0.717) is 19.5 Å². The molecule has 0 bridgehead atoms. The topological polar surface area (TPSA) is 29.9 Å². The van der Waals surface area contributed by atoms with E-state index in [1.54, 1.807) is 0 Å². The summed E-state index contributed by atoms with van der Waals surface area (Å²) in [6, 6.07) is 8.05. The van der Waals surface area contributed by atoms with Crippen LogP contribution in [0.25, 0.3) is 10.9 Å². The first kappa shape index (κ1) is 10.7. The van der Waals surface area contributed by atoms with Gasteiger partial charge in [0.1, 0.15) is 5.67 Å². The third-order valence-electron chi connectivity index (χ3n) is 3.40. The largest absolute Gasteiger partial charge is 0.310 e. The van der Waals surface area contributed by atoms with E-state index in [9.17, 15) is 4.39 Å². The van der Waals surface area contributed by atoms with Gasteiger partial charge in [-0.25, -0.2) is 4.39 Å². The molecule has 2 heterocycles. The molecule has 0 saturated carbocycles. The molecule has 1 saturated heterocycles. The van der Waals surface area contributed by atoms with Gasteiger partial charge >= 0.3 is 0 Å². The van der Waals surface area contributed by atoms with E-state index < -0.39 is 5.67 Å². The summed E-state index contributed by atoms with van der Waals surface area (Å²) in [6.07, 6.45) is 0.410. The molecule has 0 unspecified atom stereocenters. The number of hydrogen-bond donors (Lipinski definition) is 1. The average Bonchev–Trinajstić information content (AvgIpc) is 2.66. The Balaban J connectivity index is 2.03. The average molecular weight is 233 g/mol. The number of fused-ring (bicyclic) bond motifs is 1. The molecule has 1 aromatic heterocycles. The number of rotatable bonds is 3. The van der Waals surface area contributed by atoms with Crippen LogP contribution >= 0.6 is 0 Å². The Kier molecular flexibility index (Phi) is 2.40. The van der Waals surface area contributed by atoms with Crippen LogP contribution in [-0.2, 0) is 13.0 Å². The van der Waals surface area contributed by atoms with Crippen molar-refractivity contribution in [3.05, 3.63) is 30.0 Å². The second kappa shape index (κ2) is 3.81. The smallest absolute Gasteiger partial charge is 0.141 e. The molecule has 0 atom stereocenters. The predicted molar refractivity (Wildman–Crippen MR) is 65.8 cm³/mol. The van der Waals surface area contributed by atoms with Crippen LogP contribution in [0.15, 0.2) is 24.3 Å². The molecule has 2 aromatic rings. The first-order chi connectivity index (χ1) is 8.22. The third kappa shape index (κ3) is 1.72. The number of hydrogen-bond acceptors (Lipinski definition) is 2. The summed E-state index contributed by atoms with van der Waals surface area (Å²) in [5.41, 5.74) is 0.878. The molecule has 1 fully saturated rings. The van der Waals surface area contributed by atoms with Crippen LogP contribution in [0.4, 0.5) is 4.39 Å². The van der Waals surface area contributed by atoms with Gasteiger partial charge in [-0.05, 0) is 13.0 Å². The van der Waals surface area contributed by atoms with Crippen molar-refractivity contribution in [3.63, 3.8) is 0 Å². The number of aryl methyl sites for hydroxylation is 1. The monoisotopic (exact) mass is 233 g/mol. The first-order valence-corrected chi connectivity index (χ1v) is 6.06. The number of nitrogens with one attached hydrogen (secondary N) is 1. The first-order valence-electron chi connectivity index (χ1n) is 6.06.